The summed E-state index contributed by atoms with van der Waals surface area (Å²) in [5.41, 5.74) is 6.19. The summed E-state index contributed by atoms with van der Waals surface area (Å²) in [6.45, 7) is 1.88. The minimum absolute atomic E-state index is 0.443. The molecule has 1 spiro atoms. The molecule has 2 rings (SSSR count). The van der Waals surface area contributed by atoms with E-state index in [2.05, 4.69) is 0 Å². The Morgan fingerprint density at radius 1 is 1.56 bits per heavy atom. The Bertz CT molecular complexity index is 118. The summed E-state index contributed by atoms with van der Waals surface area (Å²) in [6.07, 6.45) is 3.72. The van der Waals surface area contributed by atoms with Crippen molar-refractivity contribution in [3.05, 3.63) is 0 Å². The van der Waals surface area contributed by atoms with Gasteiger partial charge in [-0.2, -0.15) is 0 Å². The Morgan fingerprint density at radius 2 is 2.33 bits per heavy atom. The van der Waals surface area contributed by atoms with Crippen molar-refractivity contribution in [2.24, 2.45) is 11.1 Å². The van der Waals surface area contributed by atoms with Crippen LogP contribution in [-0.4, -0.2) is 19.3 Å². The highest BCUT2D eigenvalue weighted by molar-refractivity contribution is 5.06. The van der Waals surface area contributed by atoms with Crippen molar-refractivity contribution < 1.29 is 4.74 Å². The third-order valence-electron chi connectivity index (χ3n) is 2.61. The molecule has 2 aliphatic rings. The molecule has 0 aromatic carbocycles. The van der Waals surface area contributed by atoms with Crippen molar-refractivity contribution in [3.63, 3.8) is 0 Å². The summed E-state index contributed by atoms with van der Waals surface area (Å²) in [6, 6.07) is 0.456. The highest BCUT2D eigenvalue weighted by Gasteiger charge is 2.52. The van der Waals surface area contributed by atoms with E-state index in [0.717, 1.165) is 13.2 Å². The van der Waals surface area contributed by atoms with Crippen LogP contribution >= 0.6 is 0 Å². The molecule has 1 saturated heterocycles. The molecule has 2 N–H and O–H groups in total. The predicted octanol–water partition coefficient (Wildman–Crippen LogP) is 0.514. The Balaban J connectivity index is 1.97. The Labute approximate surface area is 55.4 Å². The highest BCUT2D eigenvalue weighted by Crippen LogP contribution is 2.50. The second-order valence-corrected chi connectivity index (χ2v) is 3.33. The van der Waals surface area contributed by atoms with Crippen LogP contribution in [-0.2, 0) is 4.74 Å². The van der Waals surface area contributed by atoms with Crippen molar-refractivity contribution in [3.8, 4) is 0 Å². The van der Waals surface area contributed by atoms with E-state index in [1.807, 2.05) is 0 Å². The molecule has 2 unspecified atom stereocenters. The van der Waals surface area contributed by atoms with E-state index in [9.17, 15) is 0 Å². The first-order chi connectivity index (χ1) is 4.33. The van der Waals surface area contributed by atoms with E-state index in [1.165, 1.54) is 19.3 Å². The standard InChI is InChI=1S/C7H13NO/c8-6-4-7(6)2-1-3-9-5-7/h6H,1-5,8H2. The lowest BCUT2D eigenvalue weighted by Crippen LogP contribution is -2.24. The molecule has 1 aliphatic carbocycles. The zero-order valence-corrected chi connectivity index (χ0v) is 5.60. The molecule has 1 heterocycles. The van der Waals surface area contributed by atoms with Crippen molar-refractivity contribution in [2.45, 2.75) is 25.3 Å². The van der Waals surface area contributed by atoms with Crippen LogP contribution in [0.15, 0.2) is 0 Å². The highest BCUT2D eigenvalue weighted by atomic mass is 16.5. The van der Waals surface area contributed by atoms with Crippen LogP contribution in [0.4, 0.5) is 0 Å². The van der Waals surface area contributed by atoms with Crippen LogP contribution in [0.3, 0.4) is 0 Å². The Morgan fingerprint density at radius 3 is 2.67 bits per heavy atom. The first-order valence-corrected chi connectivity index (χ1v) is 3.67. The summed E-state index contributed by atoms with van der Waals surface area (Å²) in [5, 5.41) is 0. The first kappa shape index (κ1) is 5.69. The first-order valence-electron chi connectivity index (χ1n) is 3.67. The number of rotatable bonds is 0. The quantitative estimate of drug-likeness (QED) is 0.514. The van der Waals surface area contributed by atoms with Gasteiger partial charge in [0.05, 0.1) is 6.61 Å². The summed E-state index contributed by atoms with van der Waals surface area (Å²) in [5.74, 6) is 0. The molecule has 0 radical (unpaired) electrons. The monoisotopic (exact) mass is 127 g/mol. The van der Waals surface area contributed by atoms with Crippen LogP contribution in [0.5, 0.6) is 0 Å². The maximum absolute atomic E-state index is 5.75. The maximum Gasteiger partial charge on any atom is 0.0537 e. The van der Waals surface area contributed by atoms with Gasteiger partial charge in [0.2, 0.25) is 0 Å². The van der Waals surface area contributed by atoms with Crippen molar-refractivity contribution in [2.75, 3.05) is 13.2 Å². The largest absolute Gasteiger partial charge is 0.381 e. The molecule has 1 saturated carbocycles. The minimum Gasteiger partial charge on any atom is -0.381 e. The molecule has 2 nitrogen and oxygen atoms in total. The minimum atomic E-state index is 0.443. The fourth-order valence-electron chi connectivity index (χ4n) is 1.71. The van der Waals surface area contributed by atoms with Gasteiger partial charge in [-0.1, -0.05) is 0 Å². The van der Waals surface area contributed by atoms with Crippen molar-refractivity contribution >= 4 is 0 Å². The van der Waals surface area contributed by atoms with Crippen LogP contribution in [0, 0.1) is 5.41 Å². The molecule has 0 aromatic heterocycles. The molecule has 2 atom stereocenters. The van der Waals surface area contributed by atoms with Gasteiger partial charge in [-0.3, -0.25) is 0 Å². The fourth-order valence-corrected chi connectivity index (χ4v) is 1.71. The summed E-state index contributed by atoms with van der Waals surface area (Å²) in [4.78, 5) is 0. The van der Waals surface area contributed by atoms with Gasteiger partial charge in [0.1, 0.15) is 0 Å². The van der Waals surface area contributed by atoms with Crippen molar-refractivity contribution in [1.82, 2.24) is 0 Å². The van der Waals surface area contributed by atoms with Crippen LogP contribution in [0.2, 0.25) is 0 Å². The lowest BCUT2D eigenvalue weighted by Gasteiger charge is -2.21. The predicted molar refractivity (Wildman–Crippen MR) is 35.1 cm³/mol. The molecule has 1 aliphatic heterocycles. The average Bonchev–Trinajstić information content (AvgIpc) is 2.44. The lowest BCUT2D eigenvalue weighted by molar-refractivity contribution is 0.0412. The van der Waals surface area contributed by atoms with Gasteiger partial charge in [-0.15, -0.1) is 0 Å². The van der Waals surface area contributed by atoms with Gasteiger partial charge >= 0.3 is 0 Å². The van der Waals surface area contributed by atoms with Gasteiger partial charge in [-0.25, -0.2) is 0 Å². The van der Waals surface area contributed by atoms with Crippen molar-refractivity contribution in [1.29, 1.82) is 0 Å². The van der Waals surface area contributed by atoms with Gasteiger partial charge < -0.3 is 10.5 Å². The molecule has 0 amide bonds. The molecule has 9 heavy (non-hydrogen) atoms. The topological polar surface area (TPSA) is 35.2 Å². The zero-order chi connectivity index (χ0) is 6.32. The van der Waals surface area contributed by atoms with Gasteiger partial charge in [0.25, 0.3) is 0 Å². The SMILES string of the molecule is NC1CC12CCCOC2. The molecule has 2 heteroatoms. The maximum atomic E-state index is 5.75. The number of hydrogen-bond donors (Lipinski definition) is 1. The van der Waals surface area contributed by atoms with E-state index in [4.69, 9.17) is 10.5 Å². The van der Waals surface area contributed by atoms with Crippen LogP contribution in [0.1, 0.15) is 19.3 Å². The van der Waals surface area contributed by atoms with E-state index >= 15 is 0 Å². The van der Waals surface area contributed by atoms with Gasteiger partial charge in [0, 0.05) is 18.1 Å². The second-order valence-electron chi connectivity index (χ2n) is 3.33. The van der Waals surface area contributed by atoms with E-state index in [1.54, 1.807) is 0 Å². The Hall–Kier alpha value is -0.0800. The number of ether oxygens (including phenoxy) is 1. The molecule has 0 aromatic rings. The number of nitrogens with two attached hydrogens (primary N) is 1. The van der Waals surface area contributed by atoms with Gasteiger partial charge in [-0.05, 0) is 19.3 Å². The summed E-state index contributed by atoms with van der Waals surface area (Å²) < 4.78 is 5.34. The molecule has 0 bridgehead atoms. The van der Waals surface area contributed by atoms with E-state index in [-0.39, 0.29) is 0 Å². The second kappa shape index (κ2) is 1.70. The molecular weight excluding hydrogens is 114 g/mol. The van der Waals surface area contributed by atoms with E-state index < -0.39 is 0 Å². The molecular formula is C7H13NO. The smallest absolute Gasteiger partial charge is 0.0537 e. The fraction of sp³-hybridized carbons (Fsp3) is 1.00. The summed E-state index contributed by atoms with van der Waals surface area (Å²) >= 11 is 0. The van der Waals surface area contributed by atoms with Gasteiger partial charge in [0.15, 0.2) is 0 Å². The number of hydrogen-bond acceptors (Lipinski definition) is 2. The third-order valence-corrected chi connectivity index (χ3v) is 2.61. The summed E-state index contributed by atoms with van der Waals surface area (Å²) in [7, 11) is 0. The third kappa shape index (κ3) is 0.775. The average molecular weight is 127 g/mol. The normalized spacial score (nSPS) is 49.7. The van der Waals surface area contributed by atoms with Crippen LogP contribution < -0.4 is 5.73 Å². The lowest BCUT2D eigenvalue weighted by atomic mass is 9.99. The zero-order valence-electron chi connectivity index (χ0n) is 5.60. The molecule has 2 fully saturated rings. The molecule has 52 valence electrons. The van der Waals surface area contributed by atoms with E-state index in [0.29, 0.717) is 11.5 Å². The van der Waals surface area contributed by atoms with Crippen LogP contribution in [0.25, 0.3) is 0 Å². The Kier molecular flexibility index (Phi) is 1.08.